The van der Waals surface area contributed by atoms with Gasteiger partial charge in [-0.2, -0.15) is 0 Å². The molecule has 1 aromatic carbocycles. The summed E-state index contributed by atoms with van der Waals surface area (Å²) in [5.41, 5.74) is 7.38. The van der Waals surface area contributed by atoms with Crippen LogP contribution in [-0.4, -0.2) is 39.6 Å². The third kappa shape index (κ3) is 6.53. The lowest BCUT2D eigenvalue weighted by molar-refractivity contribution is 0.251. The van der Waals surface area contributed by atoms with Crippen molar-refractivity contribution < 1.29 is 0 Å². The summed E-state index contributed by atoms with van der Waals surface area (Å²) >= 11 is 0. The van der Waals surface area contributed by atoms with Gasteiger partial charge in [0.05, 0.1) is 17.7 Å². The lowest BCUT2D eigenvalue weighted by Gasteiger charge is -2.27. The fourth-order valence-electron chi connectivity index (χ4n) is 3.99. The Bertz CT molecular complexity index is 1000. The second-order valence-corrected chi connectivity index (χ2v) is 8.44. The van der Waals surface area contributed by atoms with E-state index in [1.54, 1.807) is 0 Å². The van der Waals surface area contributed by atoms with Crippen LogP contribution in [0.5, 0.6) is 0 Å². The van der Waals surface area contributed by atoms with Crippen molar-refractivity contribution in [3.8, 4) is 0 Å². The summed E-state index contributed by atoms with van der Waals surface area (Å²) in [6.45, 7) is 9.33. The summed E-state index contributed by atoms with van der Waals surface area (Å²) in [7, 11) is 3.95. The van der Waals surface area contributed by atoms with Crippen molar-refractivity contribution >= 4 is 6.08 Å². The number of hydrogen-bond donors (Lipinski definition) is 1. The molecule has 164 valence electrons. The number of rotatable bonds is 10. The highest BCUT2D eigenvalue weighted by Crippen LogP contribution is 2.23. The van der Waals surface area contributed by atoms with E-state index in [1.165, 1.54) is 22.3 Å². The van der Waals surface area contributed by atoms with Crippen LogP contribution in [0.4, 0.5) is 0 Å². The number of benzene rings is 1. The van der Waals surface area contributed by atoms with Gasteiger partial charge in [0.1, 0.15) is 0 Å². The SMILES string of the molecule is CN/C=C\c1ccccc1C(C)CN(CCc1cn(C)cn1)Cc1ncc(C)cc1C. The minimum atomic E-state index is 0.396. The Labute approximate surface area is 186 Å². The molecule has 1 N–H and O–H groups in total. The fourth-order valence-corrected chi connectivity index (χ4v) is 3.99. The number of nitrogens with one attached hydrogen (secondary N) is 1. The van der Waals surface area contributed by atoms with Crippen LogP contribution in [0.1, 0.15) is 46.5 Å². The predicted octanol–water partition coefficient (Wildman–Crippen LogP) is 4.47. The van der Waals surface area contributed by atoms with E-state index in [4.69, 9.17) is 4.98 Å². The van der Waals surface area contributed by atoms with Gasteiger partial charge >= 0.3 is 0 Å². The molecule has 0 aliphatic heterocycles. The van der Waals surface area contributed by atoms with E-state index in [9.17, 15) is 0 Å². The quantitative estimate of drug-likeness (QED) is 0.529. The highest BCUT2D eigenvalue weighted by Gasteiger charge is 2.16. The molecule has 1 atom stereocenters. The van der Waals surface area contributed by atoms with Crippen LogP contribution in [0.2, 0.25) is 0 Å². The van der Waals surface area contributed by atoms with E-state index < -0.39 is 0 Å². The molecule has 5 nitrogen and oxygen atoms in total. The molecule has 0 saturated carbocycles. The first-order chi connectivity index (χ1) is 15.0. The second-order valence-electron chi connectivity index (χ2n) is 8.44. The maximum atomic E-state index is 4.73. The van der Waals surface area contributed by atoms with Crippen molar-refractivity contribution in [3.63, 3.8) is 0 Å². The first-order valence-corrected chi connectivity index (χ1v) is 11.0. The molecule has 0 saturated heterocycles. The van der Waals surface area contributed by atoms with Crippen LogP contribution in [0.25, 0.3) is 6.08 Å². The molecule has 31 heavy (non-hydrogen) atoms. The molecular weight excluding hydrogens is 382 g/mol. The molecular formula is C26H35N5. The van der Waals surface area contributed by atoms with Crippen LogP contribution in [0.3, 0.4) is 0 Å². The smallest absolute Gasteiger partial charge is 0.0946 e. The van der Waals surface area contributed by atoms with E-state index in [-0.39, 0.29) is 0 Å². The molecule has 2 heterocycles. The van der Waals surface area contributed by atoms with Crippen LogP contribution in [0, 0.1) is 13.8 Å². The van der Waals surface area contributed by atoms with E-state index in [0.717, 1.165) is 37.4 Å². The third-order valence-electron chi connectivity index (χ3n) is 5.63. The van der Waals surface area contributed by atoms with Crippen molar-refractivity contribution in [2.24, 2.45) is 7.05 Å². The number of pyridine rings is 1. The topological polar surface area (TPSA) is 46.0 Å². The summed E-state index contributed by atoms with van der Waals surface area (Å²) in [6.07, 6.45) is 11.0. The standard InChI is InChI=1S/C26H35N5/c1-20-14-21(2)26(28-15-20)18-31(13-11-24-17-30(5)19-29-24)16-22(3)25-9-7-6-8-23(25)10-12-27-4/h6-10,12,14-15,17,19,22,27H,11,13,16,18H2,1-5H3/b12-10-. The molecule has 0 bridgehead atoms. The minimum Gasteiger partial charge on any atom is -0.394 e. The Morgan fingerprint density at radius 2 is 2.00 bits per heavy atom. The average molecular weight is 418 g/mol. The number of imidazole rings is 1. The first-order valence-electron chi connectivity index (χ1n) is 11.0. The molecule has 0 fully saturated rings. The monoisotopic (exact) mass is 417 g/mol. The first kappa shape index (κ1) is 22.8. The van der Waals surface area contributed by atoms with Crippen LogP contribution in [-0.2, 0) is 20.0 Å². The summed E-state index contributed by atoms with van der Waals surface area (Å²) in [6, 6.07) is 10.9. The molecule has 0 spiro atoms. The van der Waals surface area contributed by atoms with Gasteiger partial charge in [0.2, 0.25) is 0 Å². The second kappa shape index (κ2) is 10.9. The van der Waals surface area contributed by atoms with E-state index >= 15 is 0 Å². The highest BCUT2D eigenvalue weighted by molar-refractivity contribution is 5.54. The fraction of sp³-hybridized carbons (Fsp3) is 0.385. The third-order valence-corrected chi connectivity index (χ3v) is 5.63. The molecule has 2 aromatic heterocycles. The van der Waals surface area contributed by atoms with Crippen molar-refractivity contribution in [1.29, 1.82) is 0 Å². The average Bonchev–Trinajstić information content (AvgIpc) is 3.17. The van der Waals surface area contributed by atoms with Gasteiger partial charge in [-0.3, -0.25) is 9.88 Å². The van der Waals surface area contributed by atoms with Crippen LogP contribution < -0.4 is 5.32 Å². The number of nitrogens with zero attached hydrogens (tertiary/aromatic N) is 4. The Morgan fingerprint density at radius 3 is 2.71 bits per heavy atom. The number of hydrogen-bond acceptors (Lipinski definition) is 4. The summed E-state index contributed by atoms with van der Waals surface area (Å²) in [4.78, 5) is 11.8. The normalized spacial score (nSPS) is 12.6. The molecule has 1 unspecified atom stereocenters. The Hall–Kier alpha value is -2.92. The van der Waals surface area contributed by atoms with E-state index in [1.807, 2.05) is 37.4 Å². The van der Waals surface area contributed by atoms with E-state index in [0.29, 0.717) is 5.92 Å². The molecule has 3 rings (SSSR count). The van der Waals surface area contributed by atoms with Gasteiger partial charge in [0.15, 0.2) is 0 Å². The molecule has 0 amide bonds. The molecule has 0 radical (unpaired) electrons. The molecule has 5 heteroatoms. The van der Waals surface area contributed by atoms with Gasteiger partial charge in [-0.05, 0) is 54.3 Å². The Kier molecular flexibility index (Phi) is 8.01. The summed E-state index contributed by atoms with van der Waals surface area (Å²) < 4.78 is 2.01. The highest BCUT2D eigenvalue weighted by atomic mass is 15.1. The van der Waals surface area contributed by atoms with Gasteiger partial charge < -0.3 is 9.88 Å². The van der Waals surface area contributed by atoms with Gasteiger partial charge in [0, 0.05) is 52.5 Å². The molecule has 0 aliphatic carbocycles. The Morgan fingerprint density at radius 1 is 1.19 bits per heavy atom. The lowest BCUT2D eigenvalue weighted by atomic mass is 9.95. The zero-order valence-electron chi connectivity index (χ0n) is 19.5. The molecule has 0 aliphatic rings. The van der Waals surface area contributed by atoms with E-state index in [2.05, 4.69) is 78.6 Å². The lowest BCUT2D eigenvalue weighted by Crippen LogP contribution is -2.30. The number of aromatic nitrogens is 3. The van der Waals surface area contributed by atoms with Crippen LogP contribution in [0.15, 0.2) is 55.3 Å². The summed E-state index contributed by atoms with van der Waals surface area (Å²) in [5, 5.41) is 3.10. The zero-order chi connectivity index (χ0) is 22.2. The summed E-state index contributed by atoms with van der Waals surface area (Å²) in [5.74, 6) is 0.396. The zero-order valence-corrected chi connectivity index (χ0v) is 19.5. The van der Waals surface area contributed by atoms with Crippen molar-refractivity contribution in [1.82, 2.24) is 24.8 Å². The number of aryl methyl sites for hydroxylation is 3. The largest absolute Gasteiger partial charge is 0.394 e. The minimum absolute atomic E-state index is 0.396. The van der Waals surface area contributed by atoms with Crippen molar-refractivity contribution in [2.45, 2.75) is 39.7 Å². The maximum Gasteiger partial charge on any atom is 0.0946 e. The molecule has 3 aromatic rings. The predicted molar refractivity (Wildman–Crippen MR) is 129 cm³/mol. The van der Waals surface area contributed by atoms with Crippen molar-refractivity contribution in [3.05, 3.63) is 88.9 Å². The Balaban J connectivity index is 1.79. The van der Waals surface area contributed by atoms with Gasteiger partial charge in [-0.1, -0.05) is 37.3 Å². The van der Waals surface area contributed by atoms with Gasteiger partial charge in [-0.25, -0.2) is 4.98 Å². The van der Waals surface area contributed by atoms with Gasteiger partial charge in [-0.15, -0.1) is 0 Å². The van der Waals surface area contributed by atoms with Crippen molar-refractivity contribution in [2.75, 3.05) is 20.1 Å². The van der Waals surface area contributed by atoms with Crippen LogP contribution >= 0.6 is 0 Å². The van der Waals surface area contributed by atoms with Gasteiger partial charge in [0.25, 0.3) is 0 Å². The maximum absolute atomic E-state index is 4.73.